The largest absolute Gasteiger partial charge is 0.508 e. The number of benzene rings is 3. The SMILES string of the molecule is Oc1ccc(SCCc2ccc(-c3ccccc3)cc2)cc1. The summed E-state index contributed by atoms with van der Waals surface area (Å²) in [6.07, 6.45) is 1.04. The third kappa shape index (κ3) is 3.92. The van der Waals surface area contributed by atoms with E-state index < -0.39 is 0 Å². The molecule has 0 aliphatic heterocycles. The minimum atomic E-state index is 0.320. The van der Waals surface area contributed by atoms with E-state index in [1.807, 2.05) is 30.0 Å². The standard InChI is InChI=1S/C20H18OS/c21-19-10-12-20(13-11-19)22-15-14-16-6-8-18(9-7-16)17-4-2-1-3-5-17/h1-13,21H,14-15H2. The lowest BCUT2D eigenvalue weighted by atomic mass is 10.0. The first-order valence-corrected chi connectivity index (χ1v) is 8.36. The van der Waals surface area contributed by atoms with Gasteiger partial charge < -0.3 is 5.11 Å². The second kappa shape index (κ2) is 7.19. The molecule has 0 aliphatic carbocycles. The third-order valence-electron chi connectivity index (χ3n) is 3.56. The van der Waals surface area contributed by atoms with Gasteiger partial charge in [-0.05, 0) is 47.4 Å². The summed E-state index contributed by atoms with van der Waals surface area (Å²) in [5.74, 6) is 1.36. The highest BCUT2D eigenvalue weighted by molar-refractivity contribution is 7.99. The van der Waals surface area contributed by atoms with Crippen LogP contribution in [-0.2, 0) is 6.42 Å². The molecule has 0 saturated heterocycles. The Kier molecular flexibility index (Phi) is 4.81. The van der Waals surface area contributed by atoms with E-state index in [9.17, 15) is 5.11 Å². The molecule has 3 rings (SSSR count). The van der Waals surface area contributed by atoms with E-state index in [1.54, 1.807) is 12.1 Å². The summed E-state index contributed by atoms with van der Waals surface area (Å²) in [6, 6.07) is 26.6. The van der Waals surface area contributed by atoms with Crippen molar-refractivity contribution in [1.29, 1.82) is 0 Å². The van der Waals surface area contributed by atoms with Crippen molar-refractivity contribution in [3.63, 3.8) is 0 Å². The molecule has 0 fully saturated rings. The summed E-state index contributed by atoms with van der Waals surface area (Å²) < 4.78 is 0. The molecule has 0 aromatic heterocycles. The number of aryl methyl sites for hydroxylation is 1. The summed E-state index contributed by atoms with van der Waals surface area (Å²) in [6.45, 7) is 0. The second-order valence-corrected chi connectivity index (χ2v) is 6.32. The zero-order valence-electron chi connectivity index (χ0n) is 12.3. The number of phenolic OH excluding ortho intramolecular Hbond substituents is 1. The maximum Gasteiger partial charge on any atom is 0.115 e. The number of thioether (sulfide) groups is 1. The van der Waals surface area contributed by atoms with Gasteiger partial charge in [0.1, 0.15) is 5.75 Å². The lowest BCUT2D eigenvalue weighted by Gasteiger charge is -2.05. The minimum Gasteiger partial charge on any atom is -0.508 e. The van der Waals surface area contributed by atoms with Crippen LogP contribution in [0, 0.1) is 0 Å². The van der Waals surface area contributed by atoms with Gasteiger partial charge in [-0.3, -0.25) is 0 Å². The van der Waals surface area contributed by atoms with Gasteiger partial charge in [-0.2, -0.15) is 0 Å². The molecule has 1 N–H and O–H groups in total. The fourth-order valence-corrected chi connectivity index (χ4v) is 3.23. The molecular weight excluding hydrogens is 288 g/mol. The first-order chi connectivity index (χ1) is 10.8. The molecule has 0 atom stereocenters. The first kappa shape index (κ1) is 14.7. The number of phenols is 1. The summed E-state index contributed by atoms with van der Waals surface area (Å²) >= 11 is 1.81. The summed E-state index contributed by atoms with van der Waals surface area (Å²) in [4.78, 5) is 1.19. The van der Waals surface area contributed by atoms with E-state index in [2.05, 4.69) is 48.5 Å². The predicted octanol–water partition coefficient (Wildman–Crippen LogP) is 5.39. The van der Waals surface area contributed by atoms with Crippen molar-refractivity contribution in [2.45, 2.75) is 11.3 Å². The van der Waals surface area contributed by atoms with Crippen LogP contribution in [0.2, 0.25) is 0 Å². The highest BCUT2D eigenvalue weighted by Gasteiger charge is 1.99. The average Bonchev–Trinajstić information content (AvgIpc) is 2.58. The molecule has 3 aromatic carbocycles. The van der Waals surface area contributed by atoms with Gasteiger partial charge >= 0.3 is 0 Å². The maximum absolute atomic E-state index is 9.27. The van der Waals surface area contributed by atoms with Crippen LogP contribution in [0.4, 0.5) is 0 Å². The van der Waals surface area contributed by atoms with Crippen molar-refractivity contribution in [2.24, 2.45) is 0 Å². The van der Waals surface area contributed by atoms with Crippen LogP contribution in [0.25, 0.3) is 11.1 Å². The fourth-order valence-electron chi connectivity index (χ4n) is 2.32. The molecule has 0 bridgehead atoms. The van der Waals surface area contributed by atoms with E-state index in [0.29, 0.717) is 5.75 Å². The molecule has 2 heteroatoms. The van der Waals surface area contributed by atoms with Gasteiger partial charge in [-0.15, -0.1) is 11.8 Å². The Balaban J connectivity index is 1.56. The van der Waals surface area contributed by atoms with E-state index in [1.165, 1.54) is 21.6 Å². The lowest BCUT2D eigenvalue weighted by molar-refractivity contribution is 0.475. The summed E-state index contributed by atoms with van der Waals surface area (Å²) in [5, 5.41) is 9.27. The quantitative estimate of drug-likeness (QED) is 0.637. The van der Waals surface area contributed by atoms with Gasteiger partial charge in [0, 0.05) is 10.6 Å². The Morgan fingerprint density at radius 2 is 1.32 bits per heavy atom. The Morgan fingerprint density at radius 3 is 2.00 bits per heavy atom. The molecule has 0 aliphatic rings. The molecule has 0 amide bonds. The van der Waals surface area contributed by atoms with E-state index >= 15 is 0 Å². The molecule has 0 spiro atoms. The van der Waals surface area contributed by atoms with Gasteiger partial charge in [0.05, 0.1) is 0 Å². The van der Waals surface area contributed by atoms with E-state index in [0.717, 1.165) is 12.2 Å². The molecule has 0 unspecified atom stereocenters. The predicted molar refractivity (Wildman–Crippen MR) is 94.4 cm³/mol. The Bertz CT molecular complexity index is 703. The highest BCUT2D eigenvalue weighted by atomic mass is 32.2. The van der Waals surface area contributed by atoms with Crippen LogP contribution < -0.4 is 0 Å². The van der Waals surface area contributed by atoms with Crippen molar-refractivity contribution in [2.75, 3.05) is 5.75 Å². The number of hydrogen-bond acceptors (Lipinski definition) is 2. The fraction of sp³-hybridized carbons (Fsp3) is 0.100. The topological polar surface area (TPSA) is 20.2 Å². The summed E-state index contributed by atoms with van der Waals surface area (Å²) in [5.41, 5.74) is 3.87. The molecule has 0 radical (unpaired) electrons. The number of aromatic hydroxyl groups is 1. The monoisotopic (exact) mass is 306 g/mol. The third-order valence-corrected chi connectivity index (χ3v) is 4.57. The van der Waals surface area contributed by atoms with Crippen molar-refractivity contribution >= 4 is 11.8 Å². The average molecular weight is 306 g/mol. The zero-order chi connectivity index (χ0) is 15.2. The van der Waals surface area contributed by atoms with E-state index in [4.69, 9.17) is 0 Å². The van der Waals surface area contributed by atoms with Crippen molar-refractivity contribution in [3.8, 4) is 16.9 Å². The number of rotatable bonds is 5. The molecule has 1 nitrogen and oxygen atoms in total. The Morgan fingerprint density at radius 1 is 0.682 bits per heavy atom. The van der Waals surface area contributed by atoms with Gasteiger partial charge in [-0.25, -0.2) is 0 Å². The molecular formula is C20H18OS. The van der Waals surface area contributed by atoms with Crippen molar-refractivity contribution in [3.05, 3.63) is 84.4 Å². The zero-order valence-corrected chi connectivity index (χ0v) is 13.1. The van der Waals surface area contributed by atoms with Crippen LogP contribution in [-0.4, -0.2) is 10.9 Å². The van der Waals surface area contributed by atoms with Crippen LogP contribution in [0.15, 0.2) is 83.8 Å². The molecule has 22 heavy (non-hydrogen) atoms. The van der Waals surface area contributed by atoms with Gasteiger partial charge in [0.2, 0.25) is 0 Å². The molecule has 110 valence electrons. The molecule has 0 saturated carbocycles. The van der Waals surface area contributed by atoms with Crippen LogP contribution in [0.1, 0.15) is 5.56 Å². The second-order valence-electron chi connectivity index (χ2n) is 5.16. The van der Waals surface area contributed by atoms with Crippen molar-refractivity contribution < 1.29 is 5.11 Å². The van der Waals surface area contributed by atoms with Crippen LogP contribution >= 0.6 is 11.8 Å². The normalized spacial score (nSPS) is 10.5. The lowest BCUT2D eigenvalue weighted by Crippen LogP contribution is -1.88. The smallest absolute Gasteiger partial charge is 0.115 e. The van der Waals surface area contributed by atoms with Crippen LogP contribution in [0.5, 0.6) is 5.75 Å². The Labute approximate surface area is 135 Å². The molecule has 0 heterocycles. The highest BCUT2D eigenvalue weighted by Crippen LogP contribution is 2.23. The summed E-state index contributed by atoms with van der Waals surface area (Å²) in [7, 11) is 0. The maximum atomic E-state index is 9.27. The Hall–Kier alpha value is -2.19. The van der Waals surface area contributed by atoms with E-state index in [-0.39, 0.29) is 0 Å². The van der Waals surface area contributed by atoms with Gasteiger partial charge in [-0.1, -0.05) is 54.6 Å². The van der Waals surface area contributed by atoms with Gasteiger partial charge in [0.25, 0.3) is 0 Å². The minimum absolute atomic E-state index is 0.320. The van der Waals surface area contributed by atoms with Crippen molar-refractivity contribution in [1.82, 2.24) is 0 Å². The van der Waals surface area contributed by atoms with Crippen LogP contribution in [0.3, 0.4) is 0 Å². The number of hydrogen-bond donors (Lipinski definition) is 1. The molecule has 3 aromatic rings. The first-order valence-electron chi connectivity index (χ1n) is 7.37. The van der Waals surface area contributed by atoms with Gasteiger partial charge in [0.15, 0.2) is 0 Å².